The minimum atomic E-state index is 0.126. The third kappa shape index (κ3) is 2.66. The van der Waals surface area contributed by atoms with Gasteiger partial charge in [0, 0.05) is 24.4 Å². The molecule has 1 aromatic carbocycles. The summed E-state index contributed by atoms with van der Waals surface area (Å²) in [6, 6.07) is 7.63. The Morgan fingerprint density at radius 2 is 2.30 bits per heavy atom. The van der Waals surface area contributed by atoms with E-state index < -0.39 is 0 Å². The van der Waals surface area contributed by atoms with Crippen molar-refractivity contribution < 1.29 is 9.32 Å². The maximum atomic E-state index is 12.3. The lowest BCUT2D eigenvalue weighted by molar-refractivity contribution is -0.129. The molecule has 0 spiro atoms. The van der Waals surface area contributed by atoms with Crippen LogP contribution in [0.25, 0.3) is 11.0 Å². The average Bonchev–Trinajstić information content (AvgIpc) is 3.07. The van der Waals surface area contributed by atoms with Crippen LogP contribution in [0.2, 0.25) is 0 Å². The Bertz CT molecular complexity index is 611. The molecule has 1 aliphatic rings. The summed E-state index contributed by atoms with van der Waals surface area (Å²) in [6.07, 6.45) is 2.35. The van der Waals surface area contributed by atoms with Gasteiger partial charge in [-0.15, -0.1) is 11.6 Å². The Balaban J connectivity index is 1.67. The van der Waals surface area contributed by atoms with Crippen LogP contribution < -0.4 is 0 Å². The van der Waals surface area contributed by atoms with E-state index in [9.17, 15) is 4.79 Å². The Hall–Kier alpha value is -1.55. The van der Waals surface area contributed by atoms with Crippen molar-refractivity contribution in [2.45, 2.75) is 19.3 Å². The van der Waals surface area contributed by atoms with E-state index in [4.69, 9.17) is 16.1 Å². The first-order chi connectivity index (χ1) is 9.78. The Morgan fingerprint density at radius 3 is 3.15 bits per heavy atom. The second kappa shape index (κ2) is 5.83. The van der Waals surface area contributed by atoms with Gasteiger partial charge < -0.3 is 9.42 Å². The number of carbonyl (C=O) groups excluding carboxylic acids is 1. The van der Waals surface area contributed by atoms with Crippen LogP contribution in [-0.4, -0.2) is 34.9 Å². The number of aromatic nitrogens is 1. The van der Waals surface area contributed by atoms with Crippen molar-refractivity contribution in [2.75, 3.05) is 19.0 Å². The van der Waals surface area contributed by atoms with E-state index in [2.05, 4.69) is 5.16 Å². The third-order valence-corrected chi connectivity index (χ3v) is 4.14. The van der Waals surface area contributed by atoms with Gasteiger partial charge in [-0.3, -0.25) is 4.79 Å². The van der Waals surface area contributed by atoms with E-state index in [-0.39, 0.29) is 5.91 Å². The lowest BCUT2D eigenvalue weighted by atomic mass is 10.1. The molecule has 0 N–H and O–H groups in total. The highest BCUT2D eigenvalue weighted by Crippen LogP contribution is 2.22. The van der Waals surface area contributed by atoms with Crippen LogP contribution in [0.15, 0.2) is 28.8 Å². The number of nitrogens with zero attached hydrogens (tertiary/aromatic N) is 2. The molecule has 20 heavy (non-hydrogen) atoms. The first kappa shape index (κ1) is 13.4. The molecule has 0 saturated carbocycles. The molecule has 1 aromatic heterocycles. The highest BCUT2D eigenvalue weighted by molar-refractivity contribution is 6.17. The summed E-state index contributed by atoms with van der Waals surface area (Å²) in [7, 11) is 0. The predicted octanol–water partition coefficient (Wildman–Crippen LogP) is 2.85. The van der Waals surface area contributed by atoms with Crippen molar-refractivity contribution in [3.05, 3.63) is 30.0 Å². The molecule has 4 nitrogen and oxygen atoms in total. The summed E-state index contributed by atoms with van der Waals surface area (Å²) in [5.41, 5.74) is 1.46. The van der Waals surface area contributed by atoms with Crippen LogP contribution in [0.4, 0.5) is 0 Å². The first-order valence-electron chi connectivity index (χ1n) is 6.95. The monoisotopic (exact) mass is 292 g/mol. The van der Waals surface area contributed by atoms with Gasteiger partial charge >= 0.3 is 0 Å². The zero-order chi connectivity index (χ0) is 13.9. The largest absolute Gasteiger partial charge is 0.356 e. The second-order valence-electron chi connectivity index (χ2n) is 5.27. The number of halogens is 1. The van der Waals surface area contributed by atoms with Gasteiger partial charge in [0.1, 0.15) is 5.69 Å². The molecule has 1 unspecified atom stereocenters. The molecular formula is C15H17ClN2O2. The second-order valence-corrected chi connectivity index (χ2v) is 5.65. The van der Waals surface area contributed by atoms with Crippen molar-refractivity contribution in [1.29, 1.82) is 0 Å². The van der Waals surface area contributed by atoms with Gasteiger partial charge in [-0.2, -0.15) is 0 Å². The molecule has 0 bridgehead atoms. The van der Waals surface area contributed by atoms with Crippen molar-refractivity contribution in [3.8, 4) is 0 Å². The number of hydrogen-bond acceptors (Lipinski definition) is 3. The smallest absolute Gasteiger partial charge is 0.228 e. The van der Waals surface area contributed by atoms with Gasteiger partial charge in [0.2, 0.25) is 5.91 Å². The fraction of sp³-hybridized carbons (Fsp3) is 0.467. The summed E-state index contributed by atoms with van der Waals surface area (Å²) < 4.78 is 5.23. The summed E-state index contributed by atoms with van der Waals surface area (Å²) in [5, 5.41) is 4.95. The van der Waals surface area contributed by atoms with Crippen LogP contribution in [0.3, 0.4) is 0 Å². The van der Waals surface area contributed by atoms with Crippen LogP contribution in [0, 0.1) is 5.92 Å². The number of benzene rings is 1. The Labute approximate surface area is 122 Å². The maximum Gasteiger partial charge on any atom is 0.228 e. The van der Waals surface area contributed by atoms with Crippen LogP contribution >= 0.6 is 11.6 Å². The molecular weight excluding hydrogens is 276 g/mol. The zero-order valence-corrected chi connectivity index (χ0v) is 12.0. The third-order valence-electron chi connectivity index (χ3n) is 3.93. The predicted molar refractivity (Wildman–Crippen MR) is 77.7 cm³/mol. The van der Waals surface area contributed by atoms with E-state index in [1.54, 1.807) is 0 Å². The normalized spacial score (nSPS) is 18.9. The molecule has 5 heteroatoms. The van der Waals surface area contributed by atoms with Gasteiger partial charge in [0.05, 0.1) is 6.42 Å². The number of carbonyl (C=O) groups is 1. The van der Waals surface area contributed by atoms with Crippen molar-refractivity contribution >= 4 is 28.5 Å². The molecule has 0 radical (unpaired) electrons. The average molecular weight is 293 g/mol. The van der Waals surface area contributed by atoms with Crippen molar-refractivity contribution in [2.24, 2.45) is 5.92 Å². The van der Waals surface area contributed by atoms with E-state index in [1.807, 2.05) is 29.2 Å². The van der Waals surface area contributed by atoms with Crippen LogP contribution in [-0.2, 0) is 11.2 Å². The molecule has 1 atom stereocenters. The van der Waals surface area contributed by atoms with Gasteiger partial charge in [-0.05, 0) is 30.9 Å². The number of alkyl halides is 1. The molecule has 1 aliphatic heterocycles. The minimum Gasteiger partial charge on any atom is -0.356 e. The number of hydrogen-bond donors (Lipinski definition) is 0. The summed E-state index contributed by atoms with van der Waals surface area (Å²) >= 11 is 5.76. The number of likely N-dealkylation sites (tertiary alicyclic amines) is 1. The summed E-state index contributed by atoms with van der Waals surface area (Å²) in [6.45, 7) is 1.65. The fourth-order valence-corrected chi connectivity index (χ4v) is 3.08. The van der Waals surface area contributed by atoms with E-state index in [0.29, 0.717) is 18.2 Å². The van der Waals surface area contributed by atoms with E-state index in [0.717, 1.165) is 42.6 Å². The highest BCUT2D eigenvalue weighted by atomic mass is 35.5. The molecule has 2 heterocycles. The van der Waals surface area contributed by atoms with Gasteiger partial charge in [0.25, 0.3) is 0 Å². The molecule has 2 aromatic rings. The first-order valence-corrected chi connectivity index (χ1v) is 7.48. The standard InChI is InChI=1S/C15H17ClN2O2/c16-7-5-11-6-8-18(10-11)15(19)9-13-12-3-1-2-4-14(12)20-17-13/h1-4,11H,5-10H2. The van der Waals surface area contributed by atoms with Gasteiger partial charge in [0.15, 0.2) is 5.58 Å². The van der Waals surface area contributed by atoms with Gasteiger partial charge in [-0.1, -0.05) is 17.3 Å². The van der Waals surface area contributed by atoms with E-state index >= 15 is 0 Å². The van der Waals surface area contributed by atoms with Crippen molar-refractivity contribution in [3.63, 3.8) is 0 Å². The lowest BCUT2D eigenvalue weighted by Crippen LogP contribution is -2.30. The number of fused-ring (bicyclic) bond motifs is 1. The number of para-hydroxylation sites is 1. The fourth-order valence-electron chi connectivity index (χ4n) is 2.77. The maximum absolute atomic E-state index is 12.3. The summed E-state index contributed by atoms with van der Waals surface area (Å²) in [4.78, 5) is 14.2. The molecule has 1 fully saturated rings. The number of rotatable bonds is 4. The Morgan fingerprint density at radius 1 is 1.45 bits per heavy atom. The molecule has 106 valence electrons. The lowest BCUT2D eigenvalue weighted by Gasteiger charge is -2.15. The van der Waals surface area contributed by atoms with Crippen LogP contribution in [0.1, 0.15) is 18.5 Å². The van der Waals surface area contributed by atoms with Crippen molar-refractivity contribution in [1.82, 2.24) is 10.1 Å². The zero-order valence-electron chi connectivity index (χ0n) is 11.2. The molecule has 3 rings (SSSR count). The minimum absolute atomic E-state index is 0.126. The molecule has 1 saturated heterocycles. The number of amides is 1. The quantitative estimate of drug-likeness (QED) is 0.814. The Kier molecular flexibility index (Phi) is 3.92. The highest BCUT2D eigenvalue weighted by Gasteiger charge is 2.26. The van der Waals surface area contributed by atoms with Crippen LogP contribution in [0.5, 0.6) is 0 Å². The topological polar surface area (TPSA) is 46.3 Å². The SMILES string of the molecule is O=C(Cc1noc2ccccc12)N1CCC(CCCl)C1. The van der Waals surface area contributed by atoms with Gasteiger partial charge in [-0.25, -0.2) is 0 Å². The van der Waals surface area contributed by atoms with E-state index in [1.165, 1.54) is 0 Å². The summed E-state index contributed by atoms with van der Waals surface area (Å²) in [5.74, 6) is 1.34. The molecule has 1 amide bonds. The molecule has 0 aliphatic carbocycles.